The topological polar surface area (TPSA) is 114 Å². The van der Waals surface area contributed by atoms with E-state index in [4.69, 9.17) is 5.73 Å². The quantitative estimate of drug-likeness (QED) is 0.621. The molecule has 0 aromatic carbocycles. The van der Waals surface area contributed by atoms with Gasteiger partial charge in [0.2, 0.25) is 0 Å². The summed E-state index contributed by atoms with van der Waals surface area (Å²) in [5.41, 5.74) is 5.22. The Morgan fingerprint density at radius 3 is 2.33 bits per heavy atom. The van der Waals surface area contributed by atoms with Gasteiger partial charge in [0.1, 0.15) is 11.5 Å². The van der Waals surface area contributed by atoms with E-state index in [2.05, 4.69) is 0 Å². The zero-order chi connectivity index (χ0) is 15.7. The molecule has 2 unspecified atom stereocenters. The van der Waals surface area contributed by atoms with Gasteiger partial charge >= 0.3 is 5.69 Å². The molecule has 8 heteroatoms. The van der Waals surface area contributed by atoms with E-state index in [0.29, 0.717) is 6.54 Å². The molecule has 0 spiro atoms. The lowest BCUT2D eigenvalue weighted by molar-refractivity contribution is 0.0572. The Morgan fingerprint density at radius 2 is 1.81 bits per heavy atom. The molecule has 2 heterocycles. The van der Waals surface area contributed by atoms with E-state index in [9.17, 15) is 19.8 Å². The SMILES string of the molecule is CCCCn1c(N)c(N2CC(O)C(O)C2)c(=O)n(C)c1=O. The summed E-state index contributed by atoms with van der Waals surface area (Å²) in [5.74, 6) is 0.0952. The fraction of sp³-hybridized carbons (Fsp3) is 0.692. The fourth-order valence-corrected chi connectivity index (χ4v) is 2.55. The zero-order valence-electron chi connectivity index (χ0n) is 12.3. The number of anilines is 2. The third-order valence-electron chi connectivity index (χ3n) is 3.87. The first-order valence-corrected chi connectivity index (χ1v) is 7.08. The summed E-state index contributed by atoms with van der Waals surface area (Å²) < 4.78 is 2.38. The van der Waals surface area contributed by atoms with Crippen LogP contribution in [0.2, 0.25) is 0 Å². The number of hydrogen-bond donors (Lipinski definition) is 3. The van der Waals surface area contributed by atoms with Gasteiger partial charge in [0.05, 0.1) is 12.2 Å². The lowest BCUT2D eigenvalue weighted by atomic mass is 10.3. The number of aliphatic hydroxyl groups is 2. The predicted molar refractivity (Wildman–Crippen MR) is 79.5 cm³/mol. The number of nitrogens with zero attached hydrogens (tertiary/aromatic N) is 3. The summed E-state index contributed by atoms with van der Waals surface area (Å²) in [6, 6.07) is 0. The van der Waals surface area contributed by atoms with Gasteiger partial charge in [0.15, 0.2) is 0 Å². The predicted octanol–water partition coefficient (Wildman–Crippen LogP) is -1.53. The largest absolute Gasteiger partial charge is 0.389 e. The highest BCUT2D eigenvalue weighted by Crippen LogP contribution is 2.22. The molecule has 21 heavy (non-hydrogen) atoms. The minimum atomic E-state index is -0.926. The number of unbranched alkanes of at least 4 members (excludes halogenated alkanes) is 1. The number of nitrogen functional groups attached to an aromatic ring is 1. The van der Waals surface area contributed by atoms with Crippen molar-refractivity contribution in [2.45, 2.75) is 38.5 Å². The standard InChI is InChI=1S/C13H22N4O4/c1-3-4-5-17-11(14)10(12(20)15(2)13(17)21)16-6-8(18)9(19)7-16/h8-9,18-19H,3-7,14H2,1-2H3. The van der Waals surface area contributed by atoms with Gasteiger partial charge in [-0.15, -0.1) is 0 Å². The van der Waals surface area contributed by atoms with E-state index in [1.165, 1.54) is 16.5 Å². The molecule has 4 N–H and O–H groups in total. The third kappa shape index (κ3) is 2.68. The van der Waals surface area contributed by atoms with Crippen molar-refractivity contribution in [1.82, 2.24) is 9.13 Å². The summed E-state index contributed by atoms with van der Waals surface area (Å²) in [5, 5.41) is 19.3. The number of β-amino-alcohol motifs (C(OH)–C–C–N with tert-alkyl or cyclic N) is 2. The molecule has 0 saturated carbocycles. The van der Waals surface area contributed by atoms with Crippen LogP contribution in [0.15, 0.2) is 9.59 Å². The van der Waals surface area contributed by atoms with Crippen molar-refractivity contribution in [2.24, 2.45) is 7.05 Å². The normalized spacial score (nSPS) is 22.0. The van der Waals surface area contributed by atoms with Crippen LogP contribution in [0.3, 0.4) is 0 Å². The minimum absolute atomic E-state index is 0.0952. The smallest absolute Gasteiger partial charge is 0.332 e. The molecule has 0 aliphatic carbocycles. The maximum absolute atomic E-state index is 12.3. The lowest BCUT2D eigenvalue weighted by Gasteiger charge is -2.22. The molecule has 8 nitrogen and oxygen atoms in total. The molecule has 0 radical (unpaired) electrons. The highest BCUT2D eigenvalue weighted by molar-refractivity contribution is 5.63. The Balaban J connectivity index is 2.53. The number of aromatic nitrogens is 2. The van der Waals surface area contributed by atoms with Crippen molar-refractivity contribution in [1.29, 1.82) is 0 Å². The van der Waals surface area contributed by atoms with Crippen molar-refractivity contribution in [2.75, 3.05) is 23.7 Å². The van der Waals surface area contributed by atoms with E-state index in [-0.39, 0.29) is 24.6 Å². The number of hydrogen-bond acceptors (Lipinski definition) is 6. The van der Waals surface area contributed by atoms with Crippen LogP contribution in [0.1, 0.15) is 19.8 Å². The van der Waals surface area contributed by atoms with Crippen LogP contribution in [0, 0.1) is 0 Å². The van der Waals surface area contributed by atoms with Crippen LogP contribution >= 0.6 is 0 Å². The van der Waals surface area contributed by atoms with Crippen LogP contribution in [-0.2, 0) is 13.6 Å². The second-order valence-electron chi connectivity index (χ2n) is 5.43. The maximum atomic E-state index is 12.3. The number of aliphatic hydroxyl groups excluding tert-OH is 2. The molecular weight excluding hydrogens is 276 g/mol. The highest BCUT2D eigenvalue weighted by Gasteiger charge is 2.33. The van der Waals surface area contributed by atoms with Crippen LogP contribution < -0.4 is 21.9 Å². The highest BCUT2D eigenvalue weighted by atomic mass is 16.3. The van der Waals surface area contributed by atoms with Gasteiger partial charge < -0.3 is 20.8 Å². The summed E-state index contributed by atoms with van der Waals surface area (Å²) in [4.78, 5) is 26.0. The maximum Gasteiger partial charge on any atom is 0.332 e. The second-order valence-corrected chi connectivity index (χ2v) is 5.43. The van der Waals surface area contributed by atoms with E-state index in [0.717, 1.165) is 17.4 Å². The van der Waals surface area contributed by atoms with E-state index in [1.807, 2.05) is 6.92 Å². The third-order valence-corrected chi connectivity index (χ3v) is 3.87. The van der Waals surface area contributed by atoms with Crippen molar-refractivity contribution in [3.63, 3.8) is 0 Å². The van der Waals surface area contributed by atoms with Crippen LogP contribution in [-0.4, -0.2) is 44.6 Å². The van der Waals surface area contributed by atoms with Gasteiger partial charge in [-0.05, 0) is 6.42 Å². The van der Waals surface area contributed by atoms with Crippen molar-refractivity contribution < 1.29 is 10.2 Å². The Labute approximate surface area is 122 Å². The Kier molecular flexibility index (Phi) is 4.38. The van der Waals surface area contributed by atoms with Gasteiger partial charge in [0.25, 0.3) is 5.56 Å². The molecular formula is C13H22N4O4. The molecule has 1 aliphatic heterocycles. The summed E-state index contributed by atoms with van der Waals surface area (Å²) in [6.45, 7) is 2.66. The Bertz CT molecular complexity index is 626. The van der Waals surface area contributed by atoms with Gasteiger partial charge in [0, 0.05) is 26.7 Å². The molecule has 0 amide bonds. The monoisotopic (exact) mass is 298 g/mol. The average Bonchev–Trinajstić information content (AvgIpc) is 2.76. The van der Waals surface area contributed by atoms with Crippen molar-refractivity contribution >= 4 is 11.5 Å². The molecule has 1 aromatic rings. The molecule has 2 atom stereocenters. The molecule has 1 aliphatic rings. The fourth-order valence-electron chi connectivity index (χ4n) is 2.55. The molecule has 118 valence electrons. The Morgan fingerprint density at radius 1 is 1.24 bits per heavy atom. The second kappa shape index (κ2) is 5.90. The van der Waals surface area contributed by atoms with Gasteiger partial charge in [-0.25, -0.2) is 4.79 Å². The van der Waals surface area contributed by atoms with Crippen molar-refractivity contribution in [3.8, 4) is 0 Å². The van der Waals surface area contributed by atoms with Crippen LogP contribution in [0.5, 0.6) is 0 Å². The number of nitrogens with two attached hydrogens (primary N) is 1. The molecule has 1 aromatic heterocycles. The molecule has 2 rings (SSSR count). The van der Waals surface area contributed by atoms with Crippen LogP contribution in [0.25, 0.3) is 0 Å². The van der Waals surface area contributed by atoms with E-state index in [1.54, 1.807) is 0 Å². The average molecular weight is 298 g/mol. The molecule has 0 bridgehead atoms. The minimum Gasteiger partial charge on any atom is -0.389 e. The molecule has 1 saturated heterocycles. The first-order valence-electron chi connectivity index (χ1n) is 7.08. The summed E-state index contributed by atoms with van der Waals surface area (Å²) in [7, 11) is 1.40. The zero-order valence-corrected chi connectivity index (χ0v) is 12.3. The first-order chi connectivity index (χ1) is 9.88. The summed E-state index contributed by atoms with van der Waals surface area (Å²) in [6.07, 6.45) is -0.187. The van der Waals surface area contributed by atoms with E-state index < -0.39 is 23.5 Å². The van der Waals surface area contributed by atoms with E-state index >= 15 is 0 Å². The van der Waals surface area contributed by atoms with Gasteiger partial charge in [-0.1, -0.05) is 13.3 Å². The Hall–Kier alpha value is -1.80. The summed E-state index contributed by atoms with van der Waals surface area (Å²) >= 11 is 0. The molecule has 1 fully saturated rings. The van der Waals surface area contributed by atoms with Gasteiger partial charge in [-0.3, -0.25) is 13.9 Å². The van der Waals surface area contributed by atoms with Crippen LogP contribution in [0.4, 0.5) is 11.5 Å². The van der Waals surface area contributed by atoms with Gasteiger partial charge in [-0.2, -0.15) is 0 Å². The number of rotatable bonds is 4. The lowest BCUT2D eigenvalue weighted by Crippen LogP contribution is -2.43. The first kappa shape index (κ1) is 15.6. The van der Waals surface area contributed by atoms with Crippen molar-refractivity contribution in [3.05, 3.63) is 20.8 Å².